The van der Waals surface area contributed by atoms with Crippen LogP contribution in [0.5, 0.6) is 5.75 Å². The van der Waals surface area contributed by atoms with Crippen molar-refractivity contribution >= 4 is 11.3 Å². The summed E-state index contributed by atoms with van der Waals surface area (Å²) in [6.07, 6.45) is 0. The smallest absolute Gasteiger partial charge is 0.167 e. The summed E-state index contributed by atoms with van der Waals surface area (Å²) in [5, 5.41) is 3.33. The monoisotopic (exact) mass is 297 g/mol. The molecule has 108 valence electrons. The Kier molecular flexibility index (Phi) is 5.09. The number of hydrogen-bond donors (Lipinski definition) is 1. The standard InChI is InChI=1S/C15H17F2NOS/c1-10(2)18-8-12-4-5-13(20-12)9-19-15-6-3-11(16)7-14(15)17/h3-7,10,18H,8-9H2,1-2H3. The molecule has 1 heterocycles. The van der Waals surface area contributed by atoms with Crippen molar-refractivity contribution in [2.75, 3.05) is 0 Å². The maximum Gasteiger partial charge on any atom is 0.167 e. The molecule has 0 radical (unpaired) electrons. The summed E-state index contributed by atoms with van der Waals surface area (Å²) in [7, 11) is 0. The molecule has 0 aliphatic carbocycles. The number of hydrogen-bond acceptors (Lipinski definition) is 3. The summed E-state index contributed by atoms with van der Waals surface area (Å²) in [6.45, 7) is 5.28. The molecule has 5 heteroatoms. The zero-order valence-corrected chi connectivity index (χ0v) is 12.3. The predicted molar refractivity (Wildman–Crippen MR) is 77.0 cm³/mol. The third-order valence-electron chi connectivity index (χ3n) is 2.67. The highest BCUT2D eigenvalue weighted by molar-refractivity contribution is 7.11. The highest BCUT2D eigenvalue weighted by Gasteiger charge is 2.06. The maximum absolute atomic E-state index is 13.4. The normalized spacial score (nSPS) is 11.1. The summed E-state index contributed by atoms with van der Waals surface area (Å²) in [4.78, 5) is 2.21. The molecule has 2 aromatic rings. The van der Waals surface area contributed by atoms with Gasteiger partial charge in [-0.05, 0) is 24.3 Å². The van der Waals surface area contributed by atoms with E-state index in [0.717, 1.165) is 17.5 Å². The van der Waals surface area contributed by atoms with E-state index in [1.54, 1.807) is 11.3 Å². The maximum atomic E-state index is 13.4. The Morgan fingerprint density at radius 1 is 1.15 bits per heavy atom. The van der Waals surface area contributed by atoms with Gasteiger partial charge in [0.2, 0.25) is 0 Å². The van der Waals surface area contributed by atoms with E-state index in [2.05, 4.69) is 19.2 Å². The Hall–Kier alpha value is -1.46. The lowest BCUT2D eigenvalue weighted by Crippen LogP contribution is -2.21. The first kappa shape index (κ1) is 14.9. The molecule has 2 rings (SSSR count). The van der Waals surface area contributed by atoms with Crippen LogP contribution in [-0.2, 0) is 13.2 Å². The molecule has 0 atom stereocenters. The van der Waals surface area contributed by atoms with Gasteiger partial charge in [0.15, 0.2) is 11.6 Å². The second kappa shape index (κ2) is 6.81. The van der Waals surface area contributed by atoms with Crippen LogP contribution in [0.25, 0.3) is 0 Å². The van der Waals surface area contributed by atoms with Gasteiger partial charge in [0.05, 0.1) is 0 Å². The van der Waals surface area contributed by atoms with Crippen LogP contribution in [0, 0.1) is 11.6 Å². The van der Waals surface area contributed by atoms with E-state index in [0.29, 0.717) is 6.04 Å². The van der Waals surface area contributed by atoms with Gasteiger partial charge in [-0.25, -0.2) is 8.78 Å². The Bertz CT molecular complexity index is 569. The molecular formula is C15H17F2NOS. The number of halogens is 2. The van der Waals surface area contributed by atoms with Gasteiger partial charge < -0.3 is 10.1 Å². The lowest BCUT2D eigenvalue weighted by Gasteiger charge is -2.06. The van der Waals surface area contributed by atoms with E-state index in [9.17, 15) is 8.78 Å². The van der Waals surface area contributed by atoms with Crippen LogP contribution in [0.3, 0.4) is 0 Å². The van der Waals surface area contributed by atoms with Gasteiger partial charge in [-0.1, -0.05) is 13.8 Å². The zero-order chi connectivity index (χ0) is 14.5. The van der Waals surface area contributed by atoms with Gasteiger partial charge in [0.25, 0.3) is 0 Å². The van der Waals surface area contributed by atoms with E-state index in [4.69, 9.17) is 4.74 Å². The van der Waals surface area contributed by atoms with Crippen LogP contribution in [0.15, 0.2) is 30.3 Å². The average Bonchev–Trinajstić information content (AvgIpc) is 2.83. The van der Waals surface area contributed by atoms with Crippen LogP contribution in [0.1, 0.15) is 23.6 Å². The molecule has 0 saturated heterocycles. The minimum Gasteiger partial charge on any atom is -0.485 e. The quantitative estimate of drug-likeness (QED) is 0.866. The molecule has 0 amide bonds. The predicted octanol–water partition coefficient (Wildman–Crippen LogP) is 4.10. The molecule has 1 N–H and O–H groups in total. The molecular weight excluding hydrogens is 280 g/mol. The molecule has 0 bridgehead atoms. The fraction of sp³-hybridized carbons (Fsp3) is 0.333. The number of ether oxygens (including phenoxy) is 1. The van der Waals surface area contributed by atoms with Gasteiger partial charge >= 0.3 is 0 Å². The van der Waals surface area contributed by atoms with Crippen LogP contribution in [0.4, 0.5) is 8.78 Å². The number of benzene rings is 1. The van der Waals surface area contributed by atoms with Gasteiger partial charge in [0, 0.05) is 28.4 Å². The fourth-order valence-corrected chi connectivity index (χ4v) is 2.52. The van der Waals surface area contributed by atoms with Crippen LogP contribution in [0.2, 0.25) is 0 Å². The molecule has 2 nitrogen and oxygen atoms in total. The molecule has 1 aromatic heterocycles. The topological polar surface area (TPSA) is 21.3 Å². The number of thiophene rings is 1. The van der Waals surface area contributed by atoms with E-state index >= 15 is 0 Å². The van der Waals surface area contributed by atoms with E-state index in [-0.39, 0.29) is 12.4 Å². The molecule has 0 spiro atoms. The van der Waals surface area contributed by atoms with Gasteiger partial charge in [0.1, 0.15) is 12.4 Å². The lowest BCUT2D eigenvalue weighted by atomic mass is 10.3. The summed E-state index contributed by atoms with van der Waals surface area (Å²) < 4.78 is 31.5. The fourth-order valence-electron chi connectivity index (χ4n) is 1.64. The molecule has 20 heavy (non-hydrogen) atoms. The van der Waals surface area contributed by atoms with Crippen LogP contribution in [-0.4, -0.2) is 6.04 Å². The van der Waals surface area contributed by atoms with Gasteiger partial charge in [-0.15, -0.1) is 11.3 Å². The van der Waals surface area contributed by atoms with Crippen molar-refractivity contribution in [1.82, 2.24) is 5.32 Å². The first-order valence-electron chi connectivity index (χ1n) is 6.43. The highest BCUT2D eigenvalue weighted by atomic mass is 32.1. The van der Waals surface area contributed by atoms with Crippen molar-refractivity contribution in [3.05, 3.63) is 51.7 Å². The highest BCUT2D eigenvalue weighted by Crippen LogP contribution is 2.22. The van der Waals surface area contributed by atoms with Crippen LogP contribution < -0.4 is 10.1 Å². The molecule has 0 fully saturated rings. The largest absolute Gasteiger partial charge is 0.485 e. The third kappa shape index (κ3) is 4.28. The Morgan fingerprint density at radius 2 is 1.90 bits per heavy atom. The lowest BCUT2D eigenvalue weighted by molar-refractivity contribution is 0.292. The Balaban J connectivity index is 1.90. The first-order chi connectivity index (χ1) is 9.54. The molecule has 1 aromatic carbocycles. The summed E-state index contributed by atoms with van der Waals surface area (Å²) >= 11 is 1.62. The third-order valence-corrected chi connectivity index (χ3v) is 3.72. The molecule has 0 saturated carbocycles. The van der Waals surface area contributed by atoms with Gasteiger partial charge in [-0.2, -0.15) is 0 Å². The summed E-state index contributed by atoms with van der Waals surface area (Å²) in [5.74, 6) is -1.21. The minimum absolute atomic E-state index is 0.0710. The number of rotatable bonds is 6. The average molecular weight is 297 g/mol. The van der Waals surface area contributed by atoms with E-state index < -0.39 is 11.6 Å². The molecule has 0 unspecified atom stereocenters. The van der Waals surface area contributed by atoms with Crippen molar-refractivity contribution in [2.45, 2.75) is 33.0 Å². The minimum atomic E-state index is -0.678. The van der Waals surface area contributed by atoms with Crippen molar-refractivity contribution in [3.8, 4) is 5.75 Å². The second-order valence-corrected chi connectivity index (χ2v) is 6.02. The Morgan fingerprint density at radius 3 is 2.60 bits per heavy atom. The summed E-state index contributed by atoms with van der Waals surface area (Å²) in [6, 6.07) is 7.74. The Labute approximate surface area is 121 Å². The second-order valence-electron chi connectivity index (χ2n) is 4.77. The zero-order valence-electron chi connectivity index (χ0n) is 11.5. The van der Waals surface area contributed by atoms with Crippen molar-refractivity contribution in [1.29, 1.82) is 0 Å². The number of nitrogens with one attached hydrogen (secondary N) is 1. The van der Waals surface area contributed by atoms with Crippen molar-refractivity contribution < 1.29 is 13.5 Å². The van der Waals surface area contributed by atoms with Crippen LogP contribution >= 0.6 is 11.3 Å². The molecule has 0 aliphatic rings. The first-order valence-corrected chi connectivity index (χ1v) is 7.25. The summed E-state index contributed by atoms with van der Waals surface area (Å²) in [5.41, 5.74) is 0. The van der Waals surface area contributed by atoms with Crippen molar-refractivity contribution in [2.24, 2.45) is 0 Å². The van der Waals surface area contributed by atoms with E-state index in [1.807, 2.05) is 12.1 Å². The van der Waals surface area contributed by atoms with Gasteiger partial charge in [-0.3, -0.25) is 0 Å². The van der Waals surface area contributed by atoms with E-state index in [1.165, 1.54) is 17.0 Å². The SMILES string of the molecule is CC(C)NCc1ccc(COc2ccc(F)cc2F)s1. The van der Waals surface area contributed by atoms with Crippen molar-refractivity contribution in [3.63, 3.8) is 0 Å². The molecule has 0 aliphatic heterocycles.